The highest BCUT2D eigenvalue weighted by Gasteiger charge is 2.38. The molecule has 10 aromatic carbocycles. The standard InChI is InChI=1S/C59H35BN4O/c1-4-15-36(16-5-1)39-33-40(37-17-6-2-7-18-37)35-41(34-39)60-47-30-27-38-19-14-25-49-53(38)57(47)64(50-31-29-46-44-23-11-13-26-52(44)65-58(46)54(50)60)59-61-55-51(63(49)59)32-28-45-43-22-10-12-24-48(43)62(56(45)55)42-20-8-3-9-21-42/h1-35H. The molecule has 65 heavy (non-hydrogen) atoms. The summed E-state index contributed by atoms with van der Waals surface area (Å²) in [6.45, 7) is -0.174. The fourth-order valence-corrected chi connectivity index (χ4v) is 11.3. The Morgan fingerprint density at radius 2 is 1.12 bits per heavy atom. The molecule has 6 heteroatoms. The van der Waals surface area contributed by atoms with Gasteiger partial charge in [0.15, 0.2) is 0 Å². The Labute approximate surface area is 372 Å². The normalized spacial score (nSPS) is 12.6. The second-order valence-corrected chi connectivity index (χ2v) is 17.5. The molecule has 0 atom stereocenters. The van der Waals surface area contributed by atoms with Crippen LogP contribution >= 0.6 is 0 Å². The number of aromatic nitrogens is 4. The predicted molar refractivity (Wildman–Crippen MR) is 271 cm³/mol. The summed E-state index contributed by atoms with van der Waals surface area (Å²) >= 11 is 0. The van der Waals surface area contributed by atoms with Gasteiger partial charge in [0.2, 0.25) is 5.78 Å². The minimum absolute atomic E-state index is 0.174. The third-order valence-electron chi connectivity index (χ3n) is 14.1. The predicted octanol–water partition coefficient (Wildman–Crippen LogP) is 12.7. The van der Waals surface area contributed by atoms with E-state index in [1.54, 1.807) is 0 Å². The molecule has 4 aromatic heterocycles. The van der Waals surface area contributed by atoms with Gasteiger partial charge in [0, 0.05) is 38.3 Å². The highest BCUT2D eigenvalue weighted by molar-refractivity contribution is 6.99. The molecule has 0 aliphatic carbocycles. The molecule has 0 fully saturated rings. The van der Waals surface area contributed by atoms with Crippen molar-refractivity contribution in [3.63, 3.8) is 0 Å². The van der Waals surface area contributed by atoms with Crippen LogP contribution in [0.3, 0.4) is 0 Å². The lowest BCUT2D eigenvalue weighted by Crippen LogP contribution is -2.56. The Balaban J connectivity index is 1.13. The fraction of sp³-hybridized carbons (Fsp3) is 0. The summed E-state index contributed by atoms with van der Waals surface area (Å²) in [6, 6.07) is 77.1. The molecular formula is C59H35BN4O. The maximum atomic E-state index is 7.09. The molecule has 0 spiro atoms. The number of nitrogens with zero attached hydrogens (tertiary/aromatic N) is 4. The lowest BCUT2D eigenvalue weighted by atomic mass is 9.35. The van der Waals surface area contributed by atoms with Gasteiger partial charge in [-0.3, -0.25) is 8.97 Å². The van der Waals surface area contributed by atoms with Gasteiger partial charge in [-0.05, 0) is 99.2 Å². The van der Waals surface area contributed by atoms with E-state index in [1.165, 1.54) is 60.2 Å². The van der Waals surface area contributed by atoms with E-state index >= 15 is 0 Å². The SMILES string of the molecule is c1ccc(-c2cc(B3c4c(ccc5c4oc4ccccc45)-n4c5c3ccc3cccc(c35)n3c5ccc6c7ccccc7n(-c7ccccc7)c6c5nc43)cc(-c3ccccc3)c2)cc1. The summed E-state index contributed by atoms with van der Waals surface area (Å²) in [5, 5.41) is 7.01. The molecule has 15 rings (SSSR count). The van der Waals surface area contributed by atoms with Crippen LogP contribution in [0.4, 0.5) is 0 Å². The van der Waals surface area contributed by atoms with Crippen LogP contribution in [0.25, 0.3) is 116 Å². The van der Waals surface area contributed by atoms with Gasteiger partial charge < -0.3 is 8.98 Å². The summed E-state index contributed by atoms with van der Waals surface area (Å²) < 4.78 is 14.3. The second kappa shape index (κ2) is 13.0. The van der Waals surface area contributed by atoms with Crippen LogP contribution in [-0.4, -0.2) is 25.2 Å². The Bertz CT molecular complexity index is 4240. The summed E-state index contributed by atoms with van der Waals surface area (Å²) in [5.74, 6) is 0.864. The molecular weight excluding hydrogens is 791 g/mol. The van der Waals surface area contributed by atoms with Gasteiger partial charge in [0.1, 0.15) is 16.7 Å². The molecule has 0 bridgehead atoms. The van der Waals surface area contributed by atoms with Gasteiger partial charge in [0.25, 0.3) is 6.71 Å². The molecule has 300 valence electrons. The van der Waals surface area contributed by atoms with Gasteiger partial charge >= 0.3 is 0 Å². The van der Waals surface area contributed by atoms with Crippen LogP contribution in [0.5, 0.6) is 0 Å². The first-order valence-corrected chi connectivity index (χ1v) is 22.3. The minimum Gasteiger partial charge on any atom is -0.457 e. The van der Waals surface area contributed by atoms with Crippen molar-refractivity contribution < 1.29 is 4.42 Å². The Hall–Kier alpha value is -8.61. The maximum Gasteiger partial charge on any atom is 0.251 e. The van der Waals surface area contributed by atoms with E-state index < -0.39 is 0 Å². The summed E-state index contributed by atoms with van der Waals surface area (Å²) in [5.41, 5.74) is 18.8. The summed E-state index contributed by atoms with van der Waals surface area (Å²) in [7, 11) is 0. The highest BCUT2D eigenvalue weighted by atomic mass is 16.3. The maximum absolute atomic E-state index is 7.09. The largest absolute Gasteiger partial charge is 0.457 e. The topological polar surface area (TPSA) is 40.3 Å². The van der Waals surface area contributed by atoms with Crippen molar-refractivity contribution in [3.8, 4) is 33.6 Å². The van der Waals surface area contributed by atoms with Crippen LogP contribution in [0.2, 0.25) is 0 Å². The van der Waals surface area contributed by atoms with Crippen molar-refractivity contribution in [1.29, 1.82) is 0 Å². The third kappa shape index (κ3) is 4.75. The number of imidazole rings is 1. The van der Waals surface area contributed by atoms with Crippen molar-refractivity contribution in [2.24, 2.45) is 0 Å². The number of benzene rings is 10. The molecule has 0 saturated heterocycles. The lowest BCUT2D eigenvalue weighted by molar-refractivity contribution is 0.671. The zero-order valence-electron chi connectivity index (χ0n) is 35.0. The highest BCUT2D eigenvalue weighted by Crippen LogP contribution is 2.41. The van der Waals surface area contributed by atoms with E-state index in [0.717, 1.165) is 72.1 Å². The van der Waals surface area contributed by atoms with Gasteiger partial charge in [-0.25, -0.2) is 4.98 Å². The van der Waals surface area contributed by atoms with Gasteiger partial charge in [0.05, 0.1) is 27.6 Å². The Morgan fingerprint density at radius 3 is 1.91 bits per heavy atom. The van der Waals surface area contributed by atoms with Gasteiger partial charge in [-0.2, -0.15) is 0 Å². The van der Waals surface area contributed by atoms with E-state index in [-0.39, 0.29) is 6.71 Å². The molecule has 5 heterocycles. The van der Waals surface area contributed by atoms with E-state index in [4.69, 9.17) is 9.40 Å². The quantitative estimate of drug-likeness (QED) is 0.166. The van der Waals surface area contributed by atoms with E-state index in [1.807, 2.05) is 0 Å². The molecule has 0 unspecified atom stereocenters. The number of rotatable bonds is 4. The van der Waals surface area contributed by atoms with Crippen LogP contribution in [0.1, 0.15) is 0 Å². The van der Waals surface area contributed by atoms with Gasteiger partial charge in [-0.15, -0.1) is 0 Å². The minimum atomic E-state index is -0.174. The van der Waals surface area contributed by atoms with Crippen molar-refractivity contribution in [1.82, 2.24) is 18.5 Å². The number of fused-ring (bicyclic) bond motifs is 15. The average molecular weight is 827 g/mol. The Morgan fingerprint density at radius 1 is 0.446 bits per heavy atom. The second-order valence-electron chi connectivity index (χ2n) is 17.5. The van der Waals surface area contributed by atoms with Crippen molar-refractivity contribution in [2.75, 3.05) is 0 Å². The summed E-state index contributed by atoms with van der Waals surface area (Å²) in [6.07, 6.45) is 0. The first-order valence-electron chi connectivity index (χ1n) is 22.3. The Kier molecular flexibility index (Phi) is 6.97. The molecule has 0 amide bonds. The molecule has 1 aliphatic rings. The number of hydrogen-bond donors (Lipinski definition) is 0. The molecule has 1 aliphatic heterocycles. The zero-order valence-corrected chi connectivity index (χ0v) is 35.0. The van der Waals surface area contributed by atoms with Crippen molar-refractivity contribution in [2.45, 2.75) is 0 Å². The molecule has 0 N–H and O–H groups in total. The lowest BCUT2D eigenvalue weighted by Gasteiger charge is -2.30. The van der Waals surface area contributed by atoms with Gasteiger partial charge in [-0.1, -0.05) is 157 Å². The third-order valence-corrected chi connectivity index (χ3v) is 14.1. The number of hydrogen-bond acceptors (Lipinski definition) is 2. The molecule has 5 nitrogen and oxygen atoms in total. The van der Waals surface area contributed by atoms with E-state index in [2.05, 4.69) is 226 Å². The molecule has 0 radical (unpaired) electrons. The molecule has 0 saturated carbocycles. The first-order chi connectivity index (χ1) is 32.3. The number of furan rings is 1. The van der Waals surface area contributed by atoms with E-state index in [0.29, 0.717) is 0 Å². The van der Waals surface area contributed by atoms with Crippen LogP contribution in [-0.2, 0) is 0 Å². The molecule has 14 aromatic rings. The first kappa shape index (κ1) is 34.9. The number of para-hydroxylation sites is 3. The van der Waals surface area contributed by atoms with E-state index in [9.17, 15) is 0 Å². The smallest absolute Gasteiger partial charge is 0.251 e. The fourth-order valence-electron chi connectivity index (χ4n) is 11.3. The average Bonchev–Trinajstić information content (AvgIpc) is 4.06. The van der Waals surface area contributed by atoms with Crippen LogP contribution < -0.4 is 16.4 Å². The monoisotopic (exact) mass is 826 g/mol. The zero-order chi connectivity index (χ0) is 42.3. The van der Waals surface area contributed by atoms with Crippen LogP contribution in [0.15, 0.2) is 217 Å². The summed E-state index contributed by atoms with van der Waals surface area (Å²) in [4.78, 5) is 5.84. The van der Waals surface area contributed by atoms with Crippen LogP contribution in [0, 0.1) is 0 Å². The van der Waals surface area contributed by atoms with Crippen molar-refractivity contribution in [3.05, 3.63) is 212 Å². The van der Waals surface area contributed by atoms with Crippen molar-refractivity contribution >= 4 is 105 Å².